The number of hydrogen-bond acceptors (Lipinski definition) is 7. The maximum absolute atomic E-state index is 6.80. The van der Waals surface area contributed by atoms with E-state index in [9.17, 15) is 0 Å². The molecule has 2 aliphatic heterocycles. The summed E-state index contributed by atoms with van der Waals surface area (Å²) in [5, 5.41) is 14.0. The smallest absolute Gasteiger partial charge is 0.177 e. The molecule has 3 atom stereocenters. The Kier molecular flexibility index (Phi) is 7.40. The lowest BCUT2D eigenvalue weighted by molar-refractivity contribution is 0.109. The maximum atomic E-state index is 6.80. The second-order valence-electron chi connectivity index (χ2n) is 9.26. The first kappa shape index (κ1) is 24.4. The summed E-state index contributed by atoms with van der Waals surface area (Å²) < 4.78 is 11.7. The highest BCUT2D eigenvalue weighted by Gasteiger charge is 2.39. The van der Waals surface area contributed by atoms with Gasteiger partial charge in [0.2, 0.25) is 0 Å². The highest BCUT2D eigenvalue weighted by molar-refractivity contribution is 5.85. The third-order valence-electron chi connectivity index (χ3n) is 7.14. The summed E-state index contributed by atoms with van der Waals surface area (Å²) in [5.41, 5.74) is 13.5. The van der Waals surface area contributed by atoms with Crippen molar-refractivity contribution in [3.05, 3.63) is 64.0 Å². The van der Waals surface area contributed by atoms with Crippen molar-refractivity contribution in [3.8, 4) is 11.5 Å². The number of fused-ring (bicyclic) bond motifs is 3. The summed E-state index contributed by atoms with van der Waals surface area (Å²) in [6.07, 6.45) is 2.51. The molecule has 0 saturated carbocycles. The first-order valence-electron chi connectivity index (χ1n) is 11.7. The molecule has 0 spiro atoms. The molecule has 5 rings (SSSR count). The molecule has 0 unspecified atom stereocenters. The first-order valence-corrected chi connectivity index (χ1v) is 11.7. The molecule has 1 saturated heterocycles. The van der Waals surface area contributed by atoms with E-state index in [1.54, 1.807) is 7.11 Å². The molecular formula is C25H33ClN6O2. The molecule has 8 nitrogen and oxygen atoms in total. The molecule has 3 N–H and O–H groups in total. The Balaban J connectivity index is 0.00000274. The molecule has 0 aliphatic carbocycles. The highest BCUT2D eigenvalue weighted by Crippen LogP contribution is 2.44. The number of piperidine rings is 1. The number of aromatic nitrogens is 4. The van der Waals surface area contributed by atoms with E-state index in [4.69, 9.17) is 15.2 Å². The van der Waals surface area contributed by atoms with Crippen molar-refractivity contribution in [3.63, 3.8) is 0 Å². The molecule has 9 heteroatoms. The number of hydrogen-bond donors (Lipinski definition) is 2. The van der Waals surface area contributed by atoms with Crippen molar-refractivity contribution in [2.24, 2.45) is 5.73 Å². The number of methoxy groups -OCH3 is 1. The summed E-state index contributed by atoms with van der Waals surface area (Å²) in [5.74, 6) is 2.52. The van der Waals surface area contributed by atoms with Gasteiger partial charge in [0, 0.05) is 37.5 Å². The number of tetrazole rings is 1. The standard InChI is InChI=1S/C25H32N6O2.ClH/c1-15-4-5-16(2)18(10-15)20-14-31-8-6-17-11-24(33-9-7-25-27-29-30-28-25)23(32-3)12-19(17)22(31)13-21(20)26;/h4-5,10-12,20-22H,6-9,13-14,26H2,1-3H3,(H,27,28,29,30);1H/t20-,21+,22+;/m1./s1. The number of rotatable bonds is 6. The summed E-state index contributed by atoms with van der Waals surface area (Å²) in [6.45, 7) is 6.84. The number of halogens is 1. The van der Waals surface area contributed by atoms with Gasteiger partial charge >= 0.3 is 0 Å². The maximum Gasteiger partial charge on any atom is 0.177 e. The minimum atomic E-state index is 0. The van der Waals surface area contributed by atoms with Crippen molar-refractivity contribution in [1.82, 2.24) is 25.5 Å². The molecule has 3 aromatic rings. The van der Waals surface area contributed by atoms with Gasteiger partial charge in [0.1, 0.15) is 0 Å². The van der Waals surface area contributed by atoms with Crippen LogP contribution in [0.3, 0.4) is 0 Å². The number of aromatic amines is 1. The third-order valence-corrected chi connectivity index (χ3v) is 7.14. The second-order valence-corrected chi connectivity index (χ2v) is 9.26. The Morgan fingerprint density at radius 1 is 1.15 bits per heavy atom. The van der Waals surface area contributed by atoms with Crippen LogP contribution >= 0.6 is 12.4 Å². The van der Waals surface area contributed by atoms with Crippen LogP contribution in [0.4, 0.5) is 0 Å². The van der Waals surface area contributed by atoms with E-state index in [1.165, 1.54) is 27.8 Å². The topological polar surface area (TPSA) is 102 Å². The first-order chi connectivity index (χ1) is 16.0. The van der Waals surface area contributed by atoms with Gasteiger partial charge in [-0.15, -0.1) is 22.6 Å². The predicted octanol–water partition coefficient (Wildman–Crippen LogP) is 3.28. The Hall–Kier alpha value is -2.68. The molecule has 3 heterocycles. The van der Waals surface area contributed by atoms with E-state index in [1.807, 2.05) is 0 Å². The van der Waals surface area contributed by atoms with Gasteiger partial charge < -0.3 is 15.2 Å². The monoisotopic (exact) mass is 484 g/mol. The number of aryl methyl sites for hydroxylation is 2. The molecule has 0 radical (unpaired) electrons. The average molecular weight is 485 g/mol. The largest absolute Gasteiger partial charge is 0.493 e. The fraction of sp³-hybridized carbons (Fsp3) is 0.480. The second kappa shape index (κ2) is 10.3. The van der Waals surface area contributed by atoms with Gasteiger partial charge in [-0.2, -0.15) is 5.21 Å². The number of nitrogens with two attached hydrogens (primary N) is 1. The Bertz CT molecular complexity index is 1120. The van der Waals surface area contributed by atoms with E-state index < -0.39 is 0 Å². The highest BCUT2D eigenvalue weighted by atomic mass is 35.5. The number of H-pyrrole nitrogens is 1. The van der Waals surface area contributed by atoms with Crippen molar-refractivity contribution >= 4 is 12.4 Å². The van der Waals surface area contributed by atoms with Crippen LogP contribution in [-0.2, 0) is 12.8 Å². The van der Waals surface area contributed by atoms with Gasteiger partial charge in [0.15, 0.2) is 17.3 Å². The SMILES string of the molecule is COc1cc2c(cc1OCCc1nn[nH]n1)CCN1C[C@H](c3cc(C)ccc3C)[C@@H](N)C[C@@H]21.Cl. The fourth-order valence-electron chi connectivity index (χ4n) is 5.37. The molecule has 2 aromatic carbocycles. The summed E-state index contributed by atoms with van der Waals surface area (Å²) in [7, 11) is 1.69. The van der Waals surface area contributed by atoms with Gasteiger partial charge in [0.25, 0.3) is 0 Å². The van der Waals surface area contributed by atoms with Gasteiger partial charge in [0.05, 0.1) is 13.7 Å². The van der Waals surface area contributed by atoms with Crippen LogP contribution in [0.1, 0.15) is 52.0 Å². The molecule has 0 amide bonds. The van der Waals surface area contributed by atoms with Gasteiger partial charge in [-0.3, -0.25) is 4.90 Å². The van der Waals surface area contributed by atoms with Gasteiger partial charge in [-0.1, -0.05) is 29.0 Å². The van der Waals surface area contributed by atoms with E-state index in [0.29, 0.717) is 30.8 Å². The minimum absolute atomic E-state index is 0. The third kappa shape index (κ3) is 4.76. The molecule has 1 aromatic heterocycles. The number of benzene rings is 2. The molecule has 34 heavy (non-hydrogen) atoms. The number of nitrogens with zero attached hydrogens (tertiary/aromatic N) is 4. The Labute approximate surface area is 206 Å². The van der Waals surface area contributed by atoms with Crippen molar-refractivity contribution in [1.29, 1.82) is 0 Å². The van der Waals surface area contributed by atoms with E-state index in [0.717, 1.165) is 37.4 Å². The normalized spacial score (nSPS) is 21.8. The zero-order valence-corrected chi connectivity index (χ0v) is 20.8. The van der Waals surface area contributed by atoms with Crippen LogP contribution < -0.4 is 15.2 Å². The molecule has 1 fully saturated rings. The zero-order chi connectivity index (χ0) is 22.9. The van der Waals surface area contributed by atoms with Crippen molar-refractivity contribution in [2.75, 3.05) is 26.8 Å². The fourth-order valence-corrected chi connectivity index (χ4v) is 5.37. The van der Waals surface area contributed by atoms with Crippen molar-refractivity contribution < 1.29 is 9.47 Å². The lowest BCUT2D eigenvalue weighted by atomic mass is 9.77. The number of nitrogens with one attached hydrogen (secondary N) is 1. The lowest BCUT2D eigenvalue weighted by Crippen LogP contribution is -2.49. The van der Waals surface area contributed by atoms with E-state index in [2.05, 4.69) is 69.7 Å². The van der Waals surface area contributed by atoms with E-state index >= 15 is 0 Å². The number of ether oxygens (including phenoxy) is 2. The predicted molar refractivity (Wildman–Crippen MR) is 133 cm³/mol. The average Bonchev–Trinajstić information content (AvgIpc) is 3.33. The van der Waals surface area contributed by atoms with Crippen LogP contribution in [-0.4, -0.2) is 58.4 Å². The van der Waals surface area contributed by atoms with Crippen LogP contribution in [0, 0.1) is 13.8 Å². The van der Waals surface area contributed by atoms with Crippen LogP contribution in [0.2, 0.25) is 0 Å². The molecule has 182 valence electrons. The van der Waals surface area contributed by atoms with Crippen LogP contribution in [0.15, 0.2) is 30.3 Å². The van der Waals surface area contributed by atoms with Crippen LogP contribution in [0.5, 0.6) is 11.5 Å². The summed E-state index contributed by atoms with van der Waals surface area (Å²) >= 11 is 0. The van der Waals surface area contributed by atoms with Crippen molar-refractivity contribution in [2.45, 2.75) is 51.1 Å². The minimum Gasteiger partial charge on any atom is -0.493 e. The Morgan fingerprint density at radius 2 is 2.00 bits per heavy atom. The molecular weight excluding hydrogens is 452 g/mol. The van der Waals surface area contributed by atoms with E-state index in [-0.39, 0.29) is 18.4 Å². The van der Waals surface area contributed by atoms with Gasteiger partial charge in [-0.25, -0.2) is 0 Å². The molecule has 2 aliphatic rings. The summed E-state index contributed by atoms with van der Waals surface area (Å²) in [6, 6.07) is 11.5. The Morgan fingerprint density at radius 3 is 2.76 bits per heavy atom. The lowest BCUT2D eigenvalue weighted by Gasteiger charge is -2.46. The summed E-state index contributed by atoms with van der Waals surface area (Å²) in [4.78, 5) is 2.61. The molecule has 0 bridgehead atoms. The van der Waals surface area contributed by atoms with Gasteiger partial charge in [-0.05, 0) is 61.1 Å². The quantitative estimate of drug-likeness (QED) is 0.553. The van der Waals surface area contributed by atoms with Crippen LogP contribution in [0.25, 0.3) is 0 Å². The zero-order valence-electron chi connectivity index (χ0n) is 20.0.